The number of carboxylic acids is 1. The quantitative estimate of drug-likeness (QED) is 0.177. The fourth-order valence-corrected chi connectivity index (χ4v) is 5.42. The van der Waals surface area contributed by atoms with Gasteiger partial charge in [-0.15, -0.1) is 0 Å². The summed E-state index contributed by atoms with van der Waals surface area (Å²) in [7, 11) is 0. The maximum Gasteiger partial charge on any atom is 0.321 e. The van der Waals surface area contributed by atoms with E-state index >= 15 is 0 Å². The monoisotopic (exact) mass is 546 g/mol. The number of carbonyl (C=O) groups is 2. The van der Waals surface area contributed by atoms with Crippen LogP contribution in [0.2, 0.25) is 0 Å². The lowest BCUT2D eigenvalue weighted by Crippen LogP contribution is -2.41. The van der Waals surface area contributed by atoms with Gasteiger partial charge in [-0.2, -0.15) is 0 Å². The second kappa shape index (κ2) is 16.7. The van der Waals surface area contributed by atoms with Gasteiger partial charge in [0.25, 0.3) is 0 Å². The van der Waals surface area contributed by atoms with Gasteiger partial charge in [0, 0.05) is 28.6 Å². The molecule has 0 radical (unpaired) electrons. The molecule has 3 aromatic rings. The zero-order chi connectivity index (χ0) is 27.9. The third-order valence-corrected chi connectivity index (χ3v) is 7.88. The lowest BCUT2D eigenvalue weighted by atomic mass is 9.97. The molecule has 3 aromatic carbocycles. The summed E-state index contributed by atoms with van der Waals surface area (Å²) in [6.45, 7) is 5.44. The third-order valence-electron chi connectivity index (χ3n) is 6.86. The normalized spacial score (nSPS) is 11.6. The number of nitrogens with one attached hydrogen (secondary N) is 1. The van der Waals surface area contributed by atoms with Crippen LogP contribution in [-0.2, 0) is 11.2 Å². The first-order chi connectivity index (χ1) is 19.0. The van der Waals surface area contributed by atoms with Crippen LogP contribution in [-0.4, -0.2) is 30.2 Å². The molecule has 5 nitrogen and oxygen atoms in total. The first-order valence-corrected chi connectivity index (χ1v) is 15.0. The molecule has 39 heavy (non-hydrogen) atoms. The van der Waals surface area contributed by atoms with Gasteiger partial charge < -0.3 is 10.4 Å². The fourth-order valence-electron chi connectivity index (χ4n) is 4.60. The van der Waals surface area contributed by atoms with Crippen LogP contribution >= 0.6 is 11.8 Å². The number of urea groups is 1. The molecule has 0 heterocycles. The molecule has 0 saturated heterocycles. The summed E-state index contributed by atoms with van der Waals surface area (Å²) in [4.78, 5) is 28.6. The Morgan fingerprint density at radius 2 is 1.46 bits per heavy atom. The average molecular weight is 547 g/mol. The topological polar surface area (TPSA) is 69.6 Å². The Morgan fingerprint density at radius 3 is 2.08 bits per heavy atom. The molecule has 0 bridgehead atoms. The number of carboxylic acid groups (broad SMARTS) is 1. The van der Waals surface area contributed by atoms with Crippen molar-refractivity contribution in [2.45, 2.75) is 80.9 Å². The number of unbranched alkanes of at least 4 members (excludes halogenated alkanes) is 4. The van der Waals surface area contributed by atoms with Gasteiger partial charge in [-0.1, -0.05) is 93.8 Å². The Bertz CT molecular complexity index is 1130. The van der Waals surface area contributed by atoms with Gasteiger partial charge in [-0.3, -0.25) is 9.69 Å². The highest BCUT2D eigenvalue weighted by atomic mass is 32.2. The average Bonchev–Trinajstić information content (AvgIpc) is 2.95. The molecule has 0 aliphatic heterocycles. The number of hydrogen-bond donors (Lipinski definition) is 2. The molecule has 1 unspecified atom stereocenters. The molecule has 208 valence electrons. The summed E-state index contributed by atoms with van der Waals surface area (Å²) < 4.78 is 0. The van der Waals surface area contributed by atoms with Crippen LogP contribution in [0.15, 0.2) is 88.7 Å². The van der Waals surface area contributed by atoms with Crippen LogP contribution in [0.25, 0.3) is 0 Å². The number of hydrogen-bond acceptors (Lipinski definition) is 3. The Balaban J connectivity index is 1.63. The molecular weight excluding hydrogens is 504 g/mol. The van der Waals surface area contributed by atoms with Crippen molar-refractivity contribution in [2.75, 3.05) is 18.0 Å². The number of benzene rings is 3. The lowest BCUT2D eigenvalue weighted by molar-refractivity contribution is -0.138. The van der Waals surface area contributed by atoms with Crippen molar-refractivity contribution in [2.24, 2.45) is 0 Å². The Hall–Kier alpha value is -3.25. The third kappa shape index (κ3) is 10.1. The predicted octanol–water partition coefficient (Wildman–Crippen LogP) is 8.54. The summed E-state index contributed by atoms with van der Waals surface area (Å²) in [6.07, 6.45) is 8.19. The number of anilines is 1. The smallest absolute Gasteiger partial charge is 0.321 e. The van der Waals surface area contributed by atoms with Gasteiger partial charge in [0.2, 0.25) is 0 Å². The molecule has 1 atom stereocenters. The second-order valence-electron chi connectivity index (χ2n) is 9.85. The second-order valence-corrected chi connectivity index (χ2v) is 11.0. The molecule has 0 spiro atoms. The standard InChI is InChI=1S/C33H42N2O3S/c1-3-5-6-7-11-24-34-33(38)35(25-12-15-26-13-9-8-10-14-26)28-18-22-30(23-19-28)39-29-20-16-27(17-21-29)31(4-2)32(36)37/h8-10,13-14,16-23,31H,3-7,11-12,15,24-25H2,1-2H3,(H,34,38)(H,36,37). The van der Waals surface area contributed by atoms with E-state index in [0.29, 0.717) is 19.5 Å². The number of rotatable bonds is 16. The van der Waals surface area contributed by atoms with E-state index < -0.39 is 11.9 Å². The van der Waals surface area contributed by atoms with E-state index in [1.54, 1.807) is 11.8 Å². The van der Waals surface area contributed by atoms with Gasteiger partial charge in [-0.25, -0.2) is 4.79 Å². The maximum absolute atomic E-state index is 13.2. The van der Waals surface area contributed by atoms with Gasteiger partial charge >= 0.3 is 12.0 Å². The molecule has 0 fully saturated rings. The summed E-state index contributed by atoms with van der Waals surface area (Å²) in [6, 6.07) is 26.2. The van der Waals surface area contributed by atoms with E-state index in [9.17, 15) is 14.7 Å². The molecule has 0 aliphatic carbocycles. The number of aryl methyl sites for hydroxylation is 1. The zero-order valence-electron chi connectivity index (χ0n) is 23.3. The maximum atomic E-state index is 13.2. The highest BCUT2D eigenvalue weighted by molar-refractivity contribution is 7.99. The van der Waals surface area contributed by atoms with Gasteiger partial charge in [0.15, 0.2) is 0 Å². The van der Waals surface area contributed by atoms with Gasteiger partial charge in [-0.05, 0) is 73.2 Å². The zero-order valence-corrected chi connectivity index (χ0v) is 24.1. The number of carbonyl (C=O) groups excluding carboxylic acids is 1. The molecule has 2 N–H and O–H groups in total. The Kier molecular flexibility index (Phi) is 12.9. The highest BCUT2D eigenvalue weighted by Crippen LogP contribution is 2.31. The van der Waals surface area contributed by atoms with Crippen molar-refractivity contribution >= 4 is 29.4 Å². The highest BCUT2D eigenvalue weighted by Gasteiger charge is 2.18. The number of aliphatic carboxylic acids is 1. The van der Waals surface area contributed by atoms with Crippen LogP contribution in [0, 0.1) is 0 Å². The van der Waals surface area contributed by atoms with E-state index in [2.05, 4.69) is 36.5 Å². The first-order valence-electron chi connectivity index (χ1n) is 14.2. The summed E-state index contributed by atoms with van der Waals surface area (Å²) in [5, 5.41) is 12.5. The van der Waals surface area contributed by atoms with Crippen LogP contribution < -0.4 is 10.2 Å². The van der Waals surface area contributed by atoms with E-state index in [4.69, 9.17) is 0 Å². The Morgan fingerprint density at radius 1 is 0.821 bits per heavy atom. The minimum atomic E-state index is -0.789. The van der Waals surface area contributed by atoms with Crippen molar-refractivity contribution in [3.63, 3.8) is 0 Å². The lowest BCUT2D eigenvalue weighted by Gasteiger charge is -2.24. The van der Waals surface area contributed by atoms with E-state index in [0.717, 1.165) is 46.7 Å². The van der Waals surface area contributed by atoms with Crippen LogP contribution in [0.4, 0.5) is 10.5 Å². The number of amides is 2. The molecule has 3 rings (SSSR count). The fraction of sp³-hybridized carbons (Fsp3) is 0.394. The van der Waals surface area contributed by atoms with Crippen molar-refractivity contribution < 1.29 is 14.7 Å². The van der Waals surface area contributed by atoms with E-state index in [1.165, 1.54) is 24.8 Å². The van der Waals surface area contributed by atoms with E-state index in [-0.39, 0.29) is 6.03 Å². The minimum absolute atomic E-state index is 0.0431. The van der Waals surface area contributed by atoms with Gasteiger partial charge in [0.05, 0.1) is 5.92 Å². The Labute approximate surface area is 238 Å². The van der Waals surface area contributed by atoms with E-state index in [1.807, 2.05) is 66.4 Å². The van der Waals surface area contributed by atoms with Crippen molar-refractivity contribution in [1.82, 2.24) is 5.32 Å². The van der Waals surface area contributed by atoms with Gasteiger partial charge in [0.1, 0.15) is 0 Å². The SMILES string of the molecule is CCCCCCCNC(=O)N(CCCc1ccccc1)c1ccc(Sc2ccc(C(CC)C(=O)O)cc2)cc1. The minimum Gasteiger partial charge on any atom is -0.481 e. The first kappa shape index (κ1) is 30.3. The molecule has 6 heteroatoms. The molecular formula is C33H42N2O3S. The summed E-state index contributed by atoms with van der Waals surface area (Å²) in [5.41, 5.74) is 2.99. The largest absolute Gasteiger partial charge is 0.481 e. The van der Waals surface area contributed by atoms with Crippen LogP contribution in [0.3, 0.4) is 0 Å². The van der Waals surface area contributed by atoms with Crippen molar-refractivity contribution in [3.8, 4) is 0 Å². The predicted molar refractivity (Wildman–Crippen MR) is 162 cm³/mol. The summed E-state index contributed by atoms with van der Waals surface area (Å²) in [5.74, 6) is -1.26. The van der Waals surface area contributed by atoms with Crippen molar-refractivity contribution in [3.05, 3.63) is 90.0 Å². The molecule has 2 amide bonds. The molecule has 0 saturated carbocycles. The van der Waals surface area contributed by atoms with Crippen molar-refractivity contribution in [1.29, 1.82) is 0 Å². The van der Waals surface area contributed by atoms with Crippen LogP contribution in [0.5, 0.6) is 0 Å². The molecule has 0 aliphatic rings. The number of nitrogens with zero attached hydrogens (tertiary/aromatic N) is 1. The molecule has 0 aromatic heterocycles. The van der Waals surface area contributed by atoms with Crippen LogP contribution in [0.1, 0.15) is 75.8 Å². The summed E-state index contributed by atoms with van der Waals surface area (Å²) >= 11 is 1.62.